The van der Waals surface area contributed by atoms with Gasteiger partial charge in [0, 0.05) is 39.9 Å². The molecule has 0 spiro atoms. The van der Waals surface area contributed by atoms with Crippen molar-refractivity contribution in [2.45, 2.75) is 37.8 Å². The third-order valence-corrected chi connectivity index (χ3v) is 6.27. The van der Waals surface area contributed by atoms with E-state index in [2.05, 4.69) is 26.5 Å². The van der Waals surface area contributed by atoms with Gasteiger partial charge in [-0.1, -0.05) is 12.1 Å². The van der Waals surface area contributed by atoms with Crippen LogP contribution in [0.5, 0.6) is 0 Å². The lowest BCUT2D eigenvalue weighted by Crippen LogP contribution is -2.21. The summed E-state index contributed by atoms with van der Waals surface area (Å²) in [6.45, 7) is 0. The number of nitrogens with two attached hydrogens (primary N) is 1. The average Bonchev–Trinajstić information content (AvgIpc) is 3.53. The highest BCUT2D eigenvalue weighted by Crippen LogP contribution is 2.37. The predicted octanol–water partition coefficient (Wildman–Crippen LogP) is 4.29. The van der Waals surface area contributed by atoms with Gasteiger partial charge in [0.2, 0.25) is 0 Å². The molecule has 0 atom stereocenters. The Morgan fingerprint density at radius 1 is 1.06 bits per heavy atom. The number of pyridine rings is 1. The van der Waals surface area contributed by atoms with Gasteiger partial charge >= 0.3 is 0 Å². The summed E-state index contributed by atoms with van der Waals surface area (Å²) < 4.78 is 8.14. The molecule has 8 heteroatoms. The molecule has 0 unspecified atom stereocenters. The van der Waals surface area contributed by atoms with E-state index in [1.807, 2.05) is 35.1 Å². The number of benzene rings is 1. The van der Waals surface area contributed by atoms with Crippen LogP contribution in [0.2, 0.25) is 0 Å². The van der Waals surface area contributed by atoms with Gasteiger partial charge in [0.15, 0.2) is 11.4 Å². The van der Waals surface area contributed by atoms with Crippen LogP contribution in [0.15, 0.2) is 53.5 Å². The molecule has 1 aliphatic rings. The molecule has 31 heavy (non-hydrogen) atoms. The van der Waals surface area contributed by atoms with Gasteiger partial charge in [0.1, 0.15) is 5.76 Å². The molecule has 4 heterocycles. The highest BCUT2D eigenvalue weighted by molar-refractivity contribution is 6.00. The first-order chi connectivity index (χ1) is 15.2. The zero-order chi connectivity index (χ0) is 20.9. The van der Waals surface area contributed by atoms with Crippen molar-refractivity contribution in [2.24, 2.45) is 0 Å². The third-order valence-electron chi connectivity index (χ3n) is 6.27. The molecule has 0 saturated heterocycles. The summed E-state index contributed by atoms with van der Waals surface area (Å²) in [5.74, 6) is 1.09. The molecule has 0 aliphatic heterocycles. The van der Waals surface area contributed by atoms with Gasteiger partial charge in [-0.3, -0.25) is 9.78 Å². The fourth-order valence-electron chi connectivity index (χ4n) is 4.51. The monoisotopic (exact) mass is 414 g/mol. The number of nitrogens with zero attached hydrogens (tertiary/aromatic N) is 4. The summed E-state index contributed by atoms with van der Waals surface area (Å²) in [6.07, 6.45) is 10.8. The Balaban J connectivity index is 1.41. The molecule has 8 nitrogen and oxygen atoms in total. The number of aromatic nitrogens is 5. The lowest BCUT2D eigenvalue weighted by Gasteiger charge is -2.25. The van der Waals surface area contributed by atoms with E-state index in [1.54, 1.807) is 12.4 Å². The van der Waals surface area contributed by atoms with Crippen LogP contribution in [0.4, 0.5) is 5.82 Å². The van der Waals surface area contributed by atoms with Crippen LogP contribution in [0.3, 0.4) is 0 Å². The lowest BCUT2D eigenvalue weighted by atomic mass is 9.93. The zero-order valence-corrected chi connectivity index (χ0v) is 16.8. The smallest absolute Gasteiger partial charge is 0.177 e. The van der Waals surface area contributed by atoms with Gasteiger partial charge in [-0.05, 0) is 37.8 Å². The van der Waals surface area contributed by atoms with Crippen LogP contribution < -0.4 is 5.73 Å². The number of aromatic amines is 1. The van der Waals surface area contributed by atoms with Gasteiger partial charge in [-0.25, -0.2) is 4.98 Å². The molecular formula is C23H22N6O2. The van der Waals surface area contributed by atoms with Crippen molar-refractivity contribution in [1.29, 1.82) is 0 Å². The lowest BCUT2D eigenvalue weighted by molar-refractivity contribution is 0.108. The van der Waals surface area contributed by atoms with Crippen molar-refractivity contribution in [3.05, 3.63) is 49.1 Å². The molecular weight excluding hydrogens is 392 g/mol. The molecule has 6 rings (SSSR count). The van der Waals surface area contributed by atoms with Gasteiger partial charge in [0.25, 0.3) is 0 Å². The minimum Gasteiger partial charge on any atom is -0.452 e. The Bertz CT molecular complexity index is 1390. The molecule has 1 saturated carbocycles. The van der Waals surface area contributed by atoms with Gasteiger partial charge < -0.3 is 15.3 Å². The number of rotatable bonds is 3. The Morgan fingerprint density at radius 3 is 2.81 bits per heavy atom. The molecule has 156 valence electrons. The molecule has 4 N–H and O–H groups in total. The second-order valence-electron chi connectivity index (χ2n) is 8.25. The SMILES string of the molecule is Nc1ncc(-c2cnn([C@H]3CC[C@H](O)CC3)c2)c2cc(-c3ccc4cn[nH]c4c3)oc12. The van der Waals surface area contributed by atoms with E-state index in [9.17, 15) is 5.11 Å². The van der Waals surface area contributed by atoms with Crippen molar-refractivity contribution in [3.8, 4) is 22.5 Å². The molecule has 4 aromatic heterocycles. The van der Waals surface area contributed by atoms with E-state index in [0.29, 0.717) is 17.4 Å². The van der Waals surface area contributed by atoms with E-state index in [1.165, 1.54) is 0 Å². The first-order valence-electron chi connectivity index (χ1n) is 10.5. The maximum Gasteiger partial charge on any atom is 0.177 e. The van der Waals surface area contributed by atoms with Gasteiger partial charge in [-0.2, -0.15) is 10.2 Å². The maximum absolute atomic E-state index is 9.78. The fraction of sp³-hybridized carbons (Fsp3) is 0.261. The van der Waals surface area contributed by atoms with E-state index in [4.69, 9.17) is 10.2 Å². The van der Waals surface area contributed by atoms with Crippen molar-refractivity contribution in [3.63, 3.8) is 0 Å². The molecule has 0 radical (unpaired) electrons. The second kappa shape index (κ2) is 6.95. The second-order valence-corrected chi connectivity index (χ2v) is 8.25. The summed E-state index contributed by atoms with van der Waals surface area (Å²) in [5.41, 5.74) is 10.5. The topological polar surface area (TPSA) is 119 Å². The van der Waals surface area contributed by atoms with Crippen LogP contribution >= 0.6 is 0 Å². The highest BCUT2D eigenvalue weighted by atomic mass is 16.3. The van der Waals surface area contributed by atoms with E-state index < -0.39 is 0 Å². The summed E-state index contributed by atoms with van der Waals surface area (Å²) in [5, 5.41) is 23.4. The largest absolute Gasteiger partial charge is 0.452 e. The highest BCUT2D eigenvalue weighted by Gasteiger charge is 2.22. The van der Waals surface area contributed by atoms with Gasteiger partial charge in [0.05, 0.1) is 30.1 Å². The van der Waals surface area contributed by atoms with Crippen molar-refractivity contribution in [1.82, 2.24) is 25.0 Å². The summed E-state index contributed by atoms with van der Waals surface area (Å²) >= 11 is 0. The summed E-state index contributed by atoms with van der Waals surface area (Å²) in [6, 6.07) is 8.35. The molecule has 0 amide bonds. The van der Waals surface area contributed by atoms with Crippen molar-refractivity contribution < 1.29 is 9.52 Å². The first kappa shape index (κ1) is 18.1. The minimum absolute atomic E-state index is 0.183. The number of nitrogen functional groups attached to an aromatic ring is 1. The minimum atomic E-state index is -0.183. The van der Waals surface area contributed by atoms with Crippen molar-refractivity contribution in [2.75, 3.05) is 5.73 Å². The number of nitrogens with one attached hydrogen (secondary N) is 1. The van der Waals surface area contributed by atoms with Crippen LogP contribution in [0, 0.1) is 0 Å². The number of H-pyrrole nitrogens is 1. The van der Waals surface area contributed by atoms with Crippen LogP contribution in [0.1, 0.15) is 31.7 Å². The molecule has 1 aliphatic carbocycles. The molecule has 5 aromatic rings. The number of aliphatic hydroxyl groups excluding tert-OH is 1. The third kappa shape index (κ3) is 3.07. The van der Waals surface area contributed by atoms with E-state index in [0.717, 1.165) is 64.4 Å². The Kier molecular flexibility index (Phi) is 4.07. The molecule has 1 aromatic carbocycles. The van der Waals surface area contributed by atoms with E-state index >= 15 is 0 Å². The fourth-order valence-corrected chi connectivity index (χ4v) is 4.51. The maximum atomic E-state index is 9.78. The van der Waals surface area contributed by atoms with Crippen LogP contribution in [-0.4, -0.2) is 36.2 Å². The average molecular weight is 414 g/mol. The predicted molar refractivity (Wildman–Crippen MR) is 118 cm³/mol. The van der Waals surface area contributed by atoms with Crippen LogP contribution in [0.25, 0.3) is 44.3 Å². The van der Waals surface area contributed by atoms with Crippen molar-refractivity contribution >= 4 is 27.7 Å². The standard InChI is InChI=1S/C23H22N6O2/c24-23-22-18(8-21(31-22)13-1-2-14-9-26-28-20(14)7-13)19(11-25-23)15-10-27-29(12-15)16-3-5-17(30)6-4-16/h1-2,7-12,16-17,30H,3-6H2,(H2,24,25)(H,26,28)/t16-,17-. The quantitative estimate of drug-likeness (QED) is 0.405. The van der Waals surface area contributed by atoms with Gasteiger partial charge in [-0.15, -0.1) is 0 Å². The number of hydrogen-bond donors (Lipinski definition) is 3. The number of aliphatic hydroxyl groups is 1. The normalized spacial score (nSPS) is 19.4. The summed E-state index contributed by atoms with van der Waals surface area (Å²) in [4.78, 5) is 4.36. The Morgan fingerprint density at radius 2 is 1.94 bits per heavy atom. The number of anilines is 1. The number of fused-ring (bicyclic) bond motifs is 2. The zero-order valence-electron chi connectivity index (χ0n) is 16.8. The number of furan rings is 1. The summed E-state index contributed by atoms with van der Waals surface area (Å²) in [7, 11) is 0. The Hall–Kier alpha value is -3.65. The first-order valence-corrected chi connectivity index (χ1v) is 10.5. The Labute approximate surface area is 177 Å². The van der Waals surface area contributed by atoms with E-state index in [-0.39, 0.29) is 6.10 Å². The molecule has 0 bridgehead atoms. The molecule has 1 fully saturated rings. The number of hydrogen-bond acceptors (Lipinski definition) is 6. The van der Waals surface area contributed by atoms with Crippen LogP contribution in [-0.2, 0) is 0 Å².